The highest BCUT2D eigenvalue weighted by molar-refractivity contribution is 5.98. The molecule has 7 heteroatoms. The Bertz CT molecular complexity index is 1400. The van der Waals surface area contributed by atoms with Crippen LogP contribution in [0, 0.1) is 0 Å². The Morgan fingerprint density at radius 3 is 2.38 bits per heavy atom. The molecule has 37 heavy (non-hydrogen) atoms. The normalized spacial score (nSPS) is 11.5. The summed E-state index contributed by atoms with van der Waals surface area (Å²) in [4.78, 5) is 24.3. The monoisotopic (exact) mass is 502 g/mol. The summed E-state index contributed by atoms with van der Waals surface area (Å²) in [5.74, 6) is -0.127. The van der Waals surface area contributed by atoms with E-state index in [1.165, 1.54) is 0 Å². The molecule has 1 amide bonds. The van der Waals surface area contributed by atoms with Crippen molar-refractivity contribution in [3.8, 4) is 5.75 Å². The number of carbonyl (C=O) groups excluding carboxylic acids is 1. The first kappa shape index (κ1) is 26.1. The number of ether oxygens (including phenoxy) is 2. The zero-order chi connectivity index (χ0) is 26.4. The van der Waals surface area contributed by atoms with Crippen LogP contribution in [-0.2, 0) is 17.7 Å². The first-order chi connectivity index (χ1) is 17.7. The Hall–Kier alpha value is -4.00. The molecule has 3 aromatic carbocycles. The van der Waals surface area contributed by atoms with Gasteiger partial charge in [0.1, 0.15) is 17.0 Å². The highest BCUT2D eigenvalue weighted by Gasteiger charge is 2.22. The second kappa shape index (κ2) is 11.4. The molecule has 194 valence electrons. The van der Waals surface area contributed by atoms with E-state index in [0.717, 1.165) is 33.0 Å². The Morgan fingerprint density at radius 2 is 1.62 bits per heavy atom. The van der Waals surface area contributed by atoms with Gasteiger partial charge < -0.3 is 24.5 Å². The number of carbonyl (C=O) groups is 2. The average Bonchev–Trinajstić information content (AvgIpc) is 3.17. The Labute approximate surface area is 217 Å². The first-order valence-corrected chi connectivity index (χ1v) is 12.7. The molecule has 0 radical (unpaired) electrons. The smallest absolute Gasteiger partial charge is 0.407 e. The zero-order valence-electron chi connectivity index (χ0n) is 21.6. The highest BCUT2D eigenvalue weighted by Crippen LogP contribution is 2.29. The van der Waals surface area contributed by atoms with E-state index in [-0.39, 0.29) is 0 Å². The molecule has 0 aliphatic rings. The summed E-state index contributed by atoms with van der Waals surface area (Å²) in [5.41, 5.74) is 1.42. The first-order valence-electron chi connectivity index (χ1n) is 12.7. The molecule has 0 fully saturated rings. The largest absolute Gasteiger partial charge is 0.493 e. The second-order valence-electron chi connectivity index (χ2n) is 10.0. The number of benzene rings is 3. The summed E-state index contributed by atoms with van der Waals surface area (Å²) in [6.07, 6.45) is 1.35. The van der Waals surface area contributed by atoms with Gasteiger partial charge in [0.05, 0.1) is 6.61 Å². The van der Waals surface area contributed by atoms with E-state index in [2.05, 4.69) is 17.4 Å². The van der Waals surface area contributed by atoms with Crippen LogP contribution in [-0.4, -0.2) is 40.5 Å². The van der Waals surface area contributed by atoms with Crippen LogP contribution in [0.1, 0.15) is 49.7 Å². The van der Waals surface area contributed by atoms with Crippen LogP contribution in [0.5, 0.6) is 5.75 Å². The summed E-state index contributed by atoms with van der Waals surface area (Å²) in [5, 5.41) is 16.0. The van der Waals surface area contributed by atoms with E-state index in [4.69, 9.17) is 9.47 Å². The van der Waals surface area contributed by atoms with Crippen molar-refractivity contribution in [1.82, 2.24) is 9.88 Å². The maximum Gasteiger partial charge on any atom is 0.407 e. The number of hydrogen-bond donors (Lipinski definition) is 2. The molecule has 0 aliphatic heterocycles. The van der Waals surface area contributed by atoms with Crippen molar-refractivity contribution in [3.63, 3.8) is 0 Å². The van der Waals surface area contributed by atoms with Gasteiger partial charge in [0.15, 0.2) is 0 Å². The minimum absolute atomic E-state index is 0.295. The third-order valence-corrected chi connectivity index (χ3v) is 6.08. The fourth-order valence-corrected chi connectivity index (χ4v) is 4.60. The van der Waals surface area contributed by atoms with Crippen molar-refractivity contribution in [2.75, 3.05) is 13.2 Å². The fraction of sp³-hybridized carbons (Fsp3) is 0.333. The molecule has 4 aromatic rings. The van der Waals surface area contributed by atoms with Gasteiger partial charge in [-0.2, -0.15) is 0 Å². The number of fused-ring (bicyclic) bond motifs is 2. The quantitative estimate of drug-likeness (QED) is 0.244. The third kappa shape index (κ3) is 6.42. The summed E-state index contributed by atoms with van der Waals surface area (Å²) < 4.78 is 13.2. The van der Waals surface area contributed by atoms with Crippen molar-refractivity contribution < 1.29 is 24.2 Å². The number of aromatic carboxylic acids is 1. The zero-order valence-corrected chi connectivity index (χ0v) is 21.6. The molecule has 0 saturated heterocycles. The standard InChI is InChI=1S/C30H34N2O5/c1-30(2,3)37-29(35)31-18-10-19-32-25-16-7-6-14-23(25)24(27(32)28(33)34)15-9-20-36-26-17-8-12-21-11-4-5-13-22(21)26/h4-8,11-14,16-17H,9-10,15,18-20H2,1-3H3,(H,31,35)(H,33,34). The van der Waals surface area contributed by atoms with Gasteiger partial charge in [-0.05, 0) is 63.1 Å². The predicted molar refractivity (Wildman–Crippen MR) is 146 cm³/mol. The van der Waals surface area contributed by atoms with E-state index in [0.29, 0.717) is 44.7 Å². The topological polar surface area (TPSA) is 89.8 Å². The minimum atomic E-state index is -0.957. The molecule has 1 aromatic heterocycles. The number of rotatable bonds is 10. The summed E-state index contributed by atoms with van der Waals surface area (Å²) in [6, 6.07) is 21.8. The molecular formula is C30H34N2O5. The van der Waals surface area contributed by atoms with Crippen molar-refractivity contribution in [2.24, 2.45) is 0 Å². The van der Waals surface area contributed by atoms with Crippen molar-refractivity contribution in [2.45, 2.75) is 52.2 Å². The number of carboxylic acids is 1. The van der Waals surface area contributed by atoms with Gasteiger partial charge in [-0.1, -0.05) is 54.6 Å². The van der Waals surface area contributed by atoms with Gasteiger partial charge in [-0.25, -0.2) is 9.59 Å². The molecule has 1 heterocycles. The lowest BCUT2D eigenvalue weighted by atomic mass is 10.1. The summed E-state index contributed by atoms with van der Waals surface area (Å²) in [7, 11) is 0. The van der Waals surface area contributed by atoms with Crippen molar-refractivity contribution in [1.29, 1.82) is 0 Å². The number of para-hydroxylation sites is 1. The van der Waals surface area contributed by atoms with Crippen LogP contribution >= 0.6 is 0 Å². The highest BCUT2D eigenvalue weighted by atomic mass is 16.6. The number of hydrogen-bond acceptors (Lipinski definition) is 4. The molecule has 0 bridgehead atoms. The maximum absolute atomic E-state index is 12.4. The van der Waals surface area contributed by atoms with E-state index in [9.17, 15) is 14.7 Å². The van der Waals surface area contributed by atoms with Crippen LogP contribution in [0.25, 0.3) is 21.7 Å². The lowest BCUT2D eigenvalue weighted by Gasteiger charge is -2.19. The molecule has 7 nitrogen and oxygen atoms in total. The molecule has 0 atom stereocenters. The van der Waals surface area contributed by atoms with Crippen LogP contribution in [0.3, 0.4) is 0 Å². The van der Waals surface area contributed by atoms with Crippen LogP contribution in [0.15, 0.2) is 66.7 Å². The number of nitrogens with zero attached hydrogens (tertiary/aromatic N) is 1. The van der Waals surface area contributed by atoms with Gasteiger partial charge in [0, 0.05) is 29.4 Å². The van der Waals surface area contributed by atoms with Crippen LogP contribution in [0.2, 0.25) is 0 Å². The molecule has 0 spiro atoms. The Morgan fingerprint density at radius 1 is 0.919 bits per heavy atom. The molecule has 4 rings (SSSR count). The lowest BCUT2D eigenvalue weighted by molar-refractivity contribution is 0.0525. The fourth-order valence-electron chi connectivity index (χ4n) is 4.60. The Balaban J connectivity index is 1.45. The predicted octanol–water partition coefficient (Wildman–Crippen LogP) is 6.42. The lowest BCUT2D eigenvalue weighted by Crippen LogP contribution is -2.33. The number of aromatic nitrogens is 1. The number of alkyl carbamates (subject to hydrolysis) is 1. The molecular weight excluding hydrogens is 468 g/mol. The minimum Gasteiger partial charge on any atom is -0.493 e. The van der Waals surface area contributed by atoms with Gasteiger partial charge in [0.25, 0.3) is 0 Å². The number of aryl methyl sites for hydroxylation is 2. The molecule has 0 aliphatic carbocycles. The van der Waals surface area contributed by atoms with E-state index >= 15 is 0 Å². The third-order valence-electron chi connectivity index (χ3n) is 6.08. The van der Waals surface area contributed by atoms with Gasteiger partial charge >= 0.3 is 12.1 Å². The van der Waals surface area contributed by atoms with Crippen molar-refractivity contribution in [3.05, 3.63) is 78.0 Å². The number of nitrogens with one attached hydrogen (secondary N) is 1. The molecule has 0 unspecified atom stereocenters. The molecule has 2 N–H and O–H groups in total. The second-order valence-corrected chi connectivity index (χ2v) is 10.0. The maximum atomic E-state index is 12.4. The molecule has 0 saturated carbocycles. The van der Waals surface area contributed by atoms with Gasteiger partial charge in [0.2, 0.25) is 0 Å². The van der Waals surface area contributed by atoms with E-state index in [1.54, 1.807) is 0 Å². The van der Waals surface area contributed by atoms with Gasteiger partial charge in [-0.3, -0.25) is 0 Å². The van der Waals surface area contributed by atoms with Crippen LogP contribution in [0.4, 0.5) is 4.79 Å². The number of carboxylic acid groups (broad SMARTS) is 1. The number of amides is 1. The van der Waals surface area contributed by atoms with Gasteiger partial charge in [-0.15, -0.1) is 0 Å². The SMILES string of the molecule is CC(C)(C)OC(=O)NCCCn1c(C(=O)O)c(CCCOc2cccc3ccccc23)c2ccccc21. The average molecular weight is 503 g/mol. The van der Waals surface area contributed by atoms with E-state index in [1.807, 2.05) is 79.9 Å². The summed E-state index contributed by atoms with van der Waals surface area (Å²) >= 11 is 0. The van der Waals surface area contributed by atoms with Crippen LogP contribution < -0.4 is 10.1 Å². The van der Waals surface area contributed by atoms with E-state index < -0.39 is 17.7 Å². The Kier molecular flexibility index (Phi) is 8.01. The van der Waals surface area contributed by atoms with Crippen molar-refractivity contribution >= 4 is 33.7 Å². The summed E-state index contributed by atoms with van der Waals surface area (Å²) in [6.45, 7) is 6.76.